The average molecular weight is 421 g/mol. The summed E-state index contributed by atoms with van der Waals surface area (Å²) in [6.07, 6.45) is 5.78. The number of hydrogen-bond acceptors (Lipinski definition) is 3. The lowest BCUT2D eigenvalue weighted by Crippen LogP contribution is -2.50. The lowest BCUT2D eigenvalue weighted by Gasteiger charge is -2.38. The van der Waals surface area contributed by atoms with Crippen molar-refractivity contribution in [1.82, 2.24) is 4.90 Å². The van der Waals surface area contributed by atoms with Gasteiger partial charge in [0.1, 0.15) is 0 Å². The number of urea groups is 1. The largest absolute Gasteiger partial charge is 0.368 e. The van der Waals surface area contributed by atoms with E-state index in [1.807, 2.05) is 55.5 Å². The highest BCUT2D eigenvalue weighted by atomic mass is 16.2. The van der Waals surface area contributed by atoms with Crippen molar-refractivity contribution in [3.05, 3.63) is 54.1 Å². The van der Waals surface area contributed by atoms with Crippen molar-refractivity contribution in [2.75, 3.05) is 41.7 Å². The van der Waals surface area contributed by atoms with Crippen molar-refractivity contribution in [3.8, 4) is 0 Å². The molecule has 0 aromatic heterocycles. The van der Waals surface area contributed by atoms with Gasteiger partial charge in [0, 0.05) is 49.2 Å². The molecule has 1 saturated carbocycles. The Labute approximate surface area is 184 Å². The lowest BCUT2D eigenvalue weighted by atomic mass is 9.88. The minimum Gasteiger partial charge on any atom is -0.368 e. The minimum atomic E-state index is -0.256. The van der Waals surface area contributed by atoms with Crippen LogP contribution in [0.25, 0.3) is 0 Å². The first kappa shape index (κ1) is 21.2. The van der Waals surface area contributed by atoms with Crippen molar-refractivity contribution in [2.24, 2.45) is 5.92 Å². The number of nitrogens with one attached hydrogen (secondary N) is 2. The van der Waals surface area contributed by atoms with E-state index >= 15 is 0 Å². The summed E-state index contributed by atoms with van der Waals surface area (Å²) in [5.74, 6) is 0.607. The molecule has 0 spiro atoms. The summed E-state index contributed by atoms with van der Waals surface area (Å²) in [6.45, 7) is 5.26. The van der Waals surface area contributed by atoms with Gasteiger partial charge in [0.15, 0.2) is 0 Å². The van der Waals surface area contributed by atoms with Gasteiger partial charge in [-0.3, -0.25) is 4.79 Å². The Bertz CT molecular complexity index is 898. The third-order valence-corrected chi connectivity index (χ3v) is 6.31. The molecule has 2 aromatic rings. The van der Waals surface area contributed by atoms with E-state index in [-0.39, 0.29) is 11.9 Å². The number of rotatable bonds is 4. The predicted molar refractivity (Wildman–Crippen MR) is 126 cm³/mol. The average Bonchev–Trinajstić information content (AvgIpc) is 2.80. The maximum Gasteiger partial charge on any atom is 0.323 e. The highest BCUT2D eigenvalue weighted by Gasteiger charge is 2.28. The van der Waals surface area contributed by atoms with E-state index in [0.717, 1.165) is 61.6 Å². The van der Waals surface area contributed by atoms with E-state index in [1.165, 1.54) is 19.3 Å². The van der Waals surface area contributed by atoms with Crippen LogP contribution in [0.4, 0.5) is 21.9 Å². The van der Waals surface area contributed by atoms with Crippen LogP contribution in [0, 0.1) is 12.8 Å². The molecule has 31 heavy (non-hydrogen) atoms. The Kier molecular flexibility index (Phi) is 6.75. The summed E-state index contributed by atoms with van der Waals surface area (Å²) in [5.41, 5.74) is 3.74. The van der Waals surface area contributed by atoms with E-state index in [2.05, 4.69) is 20.4 Å². The number of amides is 3. The molecule has 6 heteroatoms. The van der Waals surface area contributed by atoms with Crippen LogP contribution < -0.4 is 15.5 Å². The van der Waals surface area contributed by atoms with Gasteiger partial charge in [0.25, 0.3) is 0 Å². The fourth-order valence-corrected chi connectivity index (χ4v) is 4.56. The summed E-state index contributed by atoms with van der Waals surface area (Å²) < 4.78 is 0. The molecule has 2 fully saturated rings. The summed E-state index contributed by atoms with van der Waals surface area (Å²) >= 11 is 0. The monoisotopic (exact) mass is 420 g/mol. The maximum absolute atomic E-state index is 12.8. The molecule has 2 N–H and O–H groups in total. The molecule has 0 unspecified atom stereocenters. The highest BCUT2D eigenvalue weighted by molar-refractivity contribution is 5.99. The third kappa shape index (κ3) is 5.57. The first-order valence-electron chi connectivity index (χ1n) is 11.4. The number of nitrogens with zero attached hydrogens (tertiary/aromatic N) is 2. The lowest BCUT2D eigenvalue weighted by molar-refractivity contribution is -0.136. The fraction of sp³-hybridized carbons (Fsp3) is 0.440. The number of benzene rings is 2. The molecule has 1 saturated heterocycles. The maximum atomic E-state index is 12.8. The van der Waals surface area contributed by atoms with Crippen LogP contribution in [0.3, 0.4) is 0 Å². The van der Waals surface area contributed by atoms with Crippen LogP contribution in [0.15, 0.2) is 48.5 Å². The summed E-state index contributed by atoms with van der Waals surface area (Å²) in [4.78, 5) is 29.4. The zero-order valence-electron chi connectivity index (χ0n) is 18.3. The van der Waals surface area contributed by atoms with Crippen LogP contribution in [0.2, 0.25) is 0 Å². The molecular weight excluding hydrogens is 388 g/mol. The number of piperazine rings is 1. The predicted octanol–water partition coefficient (Wildman–Crippen LogP) is 4.87. The Morgan fingerprint density at radius 3 is 2.19 bits per heavy atom. The molecule has 1 aliphatic carbocycles. The van der Waals surface area contributed by atoms with Gasteiger partial charge in [0.05, 0.1) is 0 Å². The van der Waals surface area contributed by atoms with Crippen molar-refractivity contribution >= 4 is 29.0 Å². The fourth-order valence-electron chi connectivity index (χ4n) is 4.56. The summed E-state index contributed by atoms with van der Waals surface area (Å²) in [6, 6.07) is 15.4. The molecule has 1 aliphatic heterocycles. The zero-order valence-corrected chi connectivity index (χ0v) is 18.3. The Balaban J connectivity index is 1.26. The standard InChI is InChI=1S/C25H32N4O2/c1-19-6-5-9-22(18-19)27-25(31)26-21-10-12-23(13-11-21)28-14-16-29(17-15-28)24(30)20-7-3-2-4-8-20/h5-6,9-13,18,20H,2-4,7-8,14-17H2,1H3,(H2,26,27,31). The van der Waals surface area contributed by atoms with Gasteiger partial charge in [-0.1, -0.05) is 31.4 Å². The van der Waals surface area contributed by atoms with E-state index in [1.54, 1.807) is 0 Å². The van der Waals surface area contributed by atoms with Gasteiger partial charge in [-0.15, -0.1) is 0 Å². The van der Waals surface area contributed by atoms with Crippen LogP contribution >= 0.6 is 0 Å². The molecule has 3 amide bonds. The number of hydrogen-bond donors (Lipinski definition) is 2. The normalized spacial score (nSPS) is 17.3. The van der Waals surface area contributed by atoms with Gasteiger partial charge in [0.2, 0.25) is 5.91 Å². The van der Waals surface area contributed by atoms with E-state index < -0.39 is 0 Å². The molecule has 164 valence electrons. The van der Waals surface area contributed by atoms with Gasteiger partial charge in [-0.2, -0.15) is 0 Å². The molecule has 0 atom stereocenters. The van der Waals surface area contributed by atoms with Gasteiger partial charge >= 0.3 is 6.03 Å². The number of carbonyl (C=O) groups is 2. The topological polar surface area (TPSA) is 64.7 Å². The van der Waals surface area contributed by atoms with E-state index in [4.69, 9.17) is 0 Å². The smallest absolute Gasteiger partial charge is 0.323 e. The molecule has 1 heterocycles. The quantitative estimate of drug-likeness (QED) is 0.742. The van der Waals surface area contributed by atoms with Crippen LogP contribution in [0.5, 0.6) is 0 Å². The molecule has 2 aromatic carbocycles. The first-order chi connectivity index (χ1) is 15.1. The van der Waals surface area contributed by atoms with Crippen molar-refractivity contribution < 1.29 is 9.59 Å². The number of anilines is 3. The Hall–Kier alpha value is -3.02. The first-order valence-corrected chi connectivity index (χ1v) is 11.4. The number of aryl methyl sites for hydroxylation is 1. The molecular formula is C25H32N4O2. The van der Waals surface area contributed by atoms with Crippen LogP contribution in [-0.2, 0) is 4.79 Å². The Morgan fingerprint density at radius 2 is 1.52 bits per heavy atom. The van der Waals surface area contributed by atoms with Gasteiger partial charge in [-0.25, -0.2) is 4.79 Å². The second-order valence-electron chi connectivity index (χ2n) is 8.64. The second-order valence-corrected chi connectivity index (χ2v) is 8.64. The molecule has 0 radical (unpaired) electrons. The van der Waals surface area contributed by atoms with E-state index in [9.17, 15) is 9.59 Å². The van der Waals surface area contributed by atoms with Crippen LogP contribution in [-0.4, -0.2) is 43.0 Å². The molecule has 0 bridgehead atoms. The SMILES string of the molecule is Cc1cccc(NC(=O)Nc2ccc(N3CCN(C(=O)C4CCCCC4)CC3)cc2)c1. The Morgan fingerprint density at radius 1 is 0.839 bits per heavy atom. The number of carbonyl (C=O) groups excluding carboxylic acids is 2. The minimum absolute atomic E-state index is 0.247. The zero-order chi connectivity index (χ0) is 21.6. The third-order valence-electron chi connectivity index (χ3n) is 6.31. The molecule has 4 rings (SSSR count). The summed E-state index contributed by atoms with van der Waals surface area (Å²) in [5, 5.41) is 5.73. The van der Waals surface area contributed by atoms with E-state index in [0.29, 0.717) is 5.91 Å². The second kappa shape index (κ2) is 9.86. The van der Waals surface area contributed by atoms with Gasteiger partial charge in [-0.05, 0) is 61.7 Å². The van der Waals surface area contributed by atoms with Crippen molar-refractivity contribution in [1.29, 1.82) is 0 Å². The molecule has 6 nitrogen and oxygen atoms in total. The van der Waals surface area contributed by atoms with Gasteiger partial charge < -0.3 is 20.4 Å². The van der Waals surface area contributed by atoms with Crippen molar-refractivity contribution in [3.63, 3.8) is 0 Å². The van der Waals surface area contributed by atoms with Crippen molar-refractivity contribution in [2.45, 2.75) is 39.0 Å². The molecule has 2 aliphatic rings. The summed E-state index contributed by atoms with van der Waals surface area (Å²) in [7, 11) is 0. The highest BCUT2D eigenvalue weighted by Crippen LogP contribution is 2.26. The van der Waals surface area contributed by atoms with Crippen LogP contribution in [0.1, 0.15) is 37.7 Å².